The zero-order valence-corrected chi connectivity index (χ0v) is 9.39. The summed E-state index contributed by atoms with van der Waals surface area (Å²) in [5, 5.41) is 3.75. The lowest BCUT2D eigenvalue weighted by Gasteiger charge is -2.00. The van der Waals surface area contributed by atoms with E-state index in [1.54, 1.807) is 25.4 Å². The zero-order valence-electron chi connectivity index (χ0n) is 8.58. The number of rotatable bonds is 3. The quantitative estimate of drug-likeness (QED) is 0.882. The Kier molecular flexibility index (Phi) is 3.14. The summed E-state index contributed by atoms with van der Waals surface area (Å²) in [5.41, 5.74) is 0.950. The number of alkyl halides is 2. The number of aromatic nitrogens is 1. The average molecular weight is 240 g/mol. The van der Waals surface area contributed by atoms with Crippen LogP contribution in [0.5, 0.6) is 0 Å². The van der Waals surface area contributed by atoms with Crippen LogP contribution in [0.25, 0.3) is 10.4 Å². The van der Waals surface area contributed by atoms with Crippen LogP contribution in [-0.4, -0.2) is 12.0 Å². The Bertz CT molecular complexity index is 465. The van der Waals surface area contributed by atoms with Gasteiger partial charge in [0, 0.05) is 18.8 Å². The number of nitrogens with zero attached hydrogens (tertiary/aromatic N) is 1. The van der Waals surface area contributed by atoms with Gasteiger partial charge in [-0.25, -0.2) is 13.8 Å². The molecular weight excluding hydrogens is 230 g/mol. The SMILES string of the molecule is CNc1ncc(-c2ccc(C(F)F)cc2)s1. The molecule has 0 aliphatic rings. The molecule has 2 nitrogen and oxygen atoms in total. The molecule has 0 saturated heterocycles. The van der Waals surface area contributed by atoms with Crippen molar-refractivity contribution < 1.29 is 8.78 Å². The Balaban J connectivity index is 2.27. The molecule has 0 radical (unpaired) electrons. The summed E-state index contributed by atoms with van der Waals surface area (Å²) in [5.74, 6) is 0. The van der Waals surface area contributed by atoms with Gasteiger partial charge in [0.25, 0.3) is 6.43 Å². The number of hydrogen-bond donors (Lipinski definition) is 1. The van der Waals surface area contributed by atoms with Gasteiger partial charge in [-0.1, -0.05) is 35.6 Å². The number of thiazole rings is 1. The Morgan fingerprint density at radius 3 is 2.44 bits per heavy atom. The van der Waals surface area contributed by atoms with Crippen molar-refractivity contribution in [3.63, 3.8) is 0 Å². The van der Waals surface area contributed by atoms with E-state index in [1.807, 2.05) is 0 Å². The maximum atomic E-state index is 12.3. The molecule has 0 spiro atoms. The molecule has 0 aliphatic carbocycles. The lowest BCUT2D eigenvalue weighted by molar-refractivity contribution is 0.151. The normalized spacial score (nSPS) is 10.8. The molecule has 2 aromatic rings. The summed E-state index contributed by atoms with van der Waals surface area (Å²) in [6.45, 7) is 0. The molecule has 0 unspecified atom stereocenters. The molecule has 0 bridgehead atoms. The van der Waals surface area contributed by atoms with Gasteiger partial charge in [0.15, 0.2) is 5.13 Å². The fourth-order valence-electron chi connectivity index (χ4n) is 1.32. The molecule has 1 aromatic carbocycles. The summed E-state index contributed by atoms with van der Waals surface area (Å²) in [6, 6.07) is 6.26. The molecule has 5 heteroatoms. The van der Waals surface area contributed by atoms with Crippen LogP contribution in [0.4, 0.5) is 13.9 Å². The number of anilines is 1. The second-order valence-electron chi connectivity index (χ2n) is 3.20. The molecule has 1 aromatic heterocycles. The van der Waals surface area contributed by atoms with E-state index in [0.29, 0.717) is 0 Å². The second kappa shape index (κ2) is 4.57. The number of benzene rings is 1. The van der Waals surface area contributed by atoms with E-state index in [9.17, 15) is 8.78 Å². The first kappa shape index (κ1) is 11.0. The monoisotopic (exact) mass is 240 g/mol. The summed E-state index contributed by atoms with van der Waals surface area (Å²) in [7, 11) is 1.79. The summed E-state index contributed by atoms with van der Waals surface area (Å²) in [6.07, 6.45) is -0.683. The first-order valence-electron chi connectivity index (χ1n) is 4.73. The second-order valence-corrected chi connectivity index (χ2v) is 4.23. The molecule has 0 saturated carbocycles. The van der Waals surface area contributed by atoms with E-state index in [1.165, 1.54) is 23.5 Å². The van der Waals surface area contributed by atoms with E-state index in [2.05, 4.69) is 10.3 Å². The van der Waals surface area contributed by atoms with Crippen molar-refractivity contribution in [1.29, 1.82) is 0 Å². The minimum Gasteiger partial charge on any atom is -0.365 e. The van der Waals surface area contributed by atoms with Crippen molar-refractivity contribution in [2.45, 2.75) is 6.43 Å². The highest BCUT2D eigenvalue weighted by Crippen LogP contribution is 2.30. The van der Waals surface area contributed by atoms with E-state index >= 15 is 0 Å². The molecule has 0 aliphatic heterocycles. The smallest absolute Gasteiger partial charge is 0.263 e. The minimum atomic E-state index is -2.41. The van der Waals surface area contributed by atoms with Gasteiger partial charge in [0.2, 0.25) is 0 Å². The third-order valence-corrected chi connectivity index (χ3v) is 3.23. The van der Waals surface area contributed by atoms with Crippen LogP contribution in [0.15, 0.2) is 30.5 Å². The van der Waals surface area contributed by atoms with Crippen LogP contribution in [0.3, 0.4) is 0 Å². The van der Waals surface area contributed by atoms with Gasteiger partial charge in [-0.2, -0.15) is 0 Å². The fourth-order valence-corrected chi connectivity index (χ4v) is 2.09. The van der Waals surface area contributed by atoms with Gasteiger partial charge in [-0.15, -0.1) is 0 Å². The van der Waals surface area contributed by atoms with Crippen molar-refractivity contribution in [1.82, 2.24) is 4.98 Å². The number of nitrogens with one attached hydrogen (secondary N) is 1. The van der Waals surface area contributed by atoms with E-state index < -0.39 is 6.43 Å². The van der Waals surface area contributed by atoms with Crippen molar-refractivity contribution >= 4 is 16.5 Å². The van der Waals surface area contributed by atoms with Gasteiger partial charge in [0.05, 0.1) is 4.88 Å². The predicted molar refractivity (Wildman–Crippen MR) is 62.1 cm³/mol. The van der Waals surface area contributed by atoms with Gasteiger partial charge in [-0.3, -0.25) is 0 Å². The van der Waals surface area contributed by atoms with Gasteiger partial charge >= 0.3 is 0 Å². The highest BCUT2D eigenvalue weighted by Gasteiger charge is 2.07. The molecule has 84 valence electrons. The van der Waals surface area contributed by atoms with E-state index in [-0.39, 0.29) is 5.56 Å². The summed E-state index contributed by atoms with van der Waals surface area (Å²) < 4.78 is 24.7. The van der Waals surface area contributed by atoms with E-state index in [0.717, 1.165) is 15.6 Å². The van der Waals surface area contributed by atoms with Crippen LogP contribution in [0, 0.1) is 0 Å². The Hall–Kier alpha value is -1.49. The molecule has 16 heavy (non-hydrogen) atoms. The fraction of sp³-hybridized carbons (Fsp3) is 0.182. The third-order valence-electron chi connectivity index (χ3n) is 2.17. The summed E-state index contributed by atoms with van der Waals surface area (Å²) in [4.78, 5) is 5.09. The molecule has 1 N–H and O–H groups in total. The molecule has 0 fully saturated rings. The van der Waals surface area contributed by atoms with Gasteiger partial charge in [-0.05, 0) is 5.56 Å². The molecular formula is C11H10F2N2S. The van der Waals surface area contributed by atoms with Crippen molar-refractivity contribution in [2.24, 2.45) is 0 Å². The molecule has 0 atom stereocenters. The molecule has 2 rings (SSSR count). The van der Waals surface area contributed by atoms with Crippen molar-refractivity contribution in [2.75, 3.05) is 12.4 Å². The first-order chi connectivity index (χ1) is 7.70. The van der Waals surface area contributed by atoms with Gasteiger partial charge < -0.3 is 5.32 Å². The summed E-state index contributed by atoms with van der Waals surface area (Å²) >= 11 is 1.49. The standard InChI is InChI=1S/C11H10F2N2S/c1-14-11-15-6-9(16-11)7-2-4-8(5-3-7)10(12)13/h2-6,10H,1H3,(H,14,15). The predicted octanol–water partition coefficient (Wildman–Crippen LogP) is 3.79. The highest BCUT2D eigenvalue weighted by molar-refractivity contribution is 7.18. The largest absolute Gasteiger partial charge is 0.365 e. The Morgan fingerprint density at radius 1 is 1.25 bits per heavy atom. The van der Waals surface area contributed by atoms with Crippen molar-refractivity contribution in [3.8, 4) is 10.4 Å². The third kappa shape index (κ3) is 2.19. The Labute approximate surface area is 96.0 Å². The van der Waals surface area contributed by atoms with Crippen LogP contribution in [-0.2, 0) is 0 Å². The molecule has 0 amide bonds. The van der Waals surface area contributed by atoms with E-state index in [4.69, 9.17) is 0 Å². The maximum Gasteiger partial charge on any atom is 0.263 e. The van der Waals surface area contributed by atoms with Crippen LogP contribution >= 0.6 is 11.3 Å². The molecule has 1 heterocycles. The minimum absolute atomic E-state index is 0.0436. The lowest BCUT2D eigenvalue weighted by atomic mass is 10.1. The number of hydrogen-bond acceptors (Lipinski definition) is 3. The van der Waals surface area contributed by atoms with Crippen molar-refractivity contribution in [3.05, 3.63) is 36.0 Å². The Morgan fingerprint density at radius 2 is 1.94 bits per heavy atom. The average Bonchev–Trinajstić information content (AvgIpc) is 2.77. The highest BCUT2D eigenvalue weighted by atomic mass is 32.1. The van der Waals surface area contributed by atoms with Crippen LogP contribution in [0.2, 0.25) is 0 Å². The lowest BCUT2D eigenvalue weighted by Crippen LogP contribution is -1.83. The van der Waals surface area contributed by atoms with Gasteiger partial charge in [0.1, 0.15) is 0 Å². The maximum absolute atomic E-state index is 12.3. The van der Waals surface area contributed by atoms with Crippen LogP contribution in [0.1, 0.15) is 12.0 Å². The first-order valence-corrected chi connectivity index (χ1v) is 5.54. The zero-order chi connectivity index (χ0) is 11.5. The topological polar surface area (TPSA) is 24.9 Å². The van der Waals surface area contributed by atoms with Crippen LogP contribution < -0.4 is 5.32 Å². The number of halogens is 2.